The first-order valence-electron chi connectivity index (χ1n) is 5.13. The SMILES string of the molecule is O=C1Nc2ccccc2/C1=C1/CCCO1. The molecule has 1 aromatic carbocycles. The fourth-order valence-corrected chi connectivity index (χ4v) is 2.09. The van der Waals surface area contributed by atoms with Crippen molar-refractivity contribution in [1.29, 1.82) is 0 Å². The van der Waals surface area contributed by atoms with Crippen LogP contribution in [-0.4, -0.2) is 12.5 Å². The number of carbonyl (C=O) groups excluding carboxylic acids is 1. The van der Waals surface area contributed by atoms with Crippen LogP contribution in [0.4, 0.5) is 5.69 Å². The van der Waals surface area contributed by atoms with Crippen molar-refractivity contribution in [2.75, 3.05) is 11.9 Å². The second-order valence-corrected chi connectivity index (χ2v) is 3.75. The molecule has 0 aliphatic carbocycles. The molecular formula is C12H11NO2. The molecule has 0 radical (unpaired) electrons. The molecule has 0 aromatic heterocycles. The summed E-state index contributed by atoms with van der Waals surface area (Å²) in [6, 6.07) is 7.73. The summed E-state index contributed by atoms with van der Waals surface area (Å²) in [5, 5.41) is 2.85. The summed E-state index contributed by atoms with van der Waals surface area (Å²) >= 11 is 0. The van der Waals surface area contributed by atoms with Gasteiger partial charge < -0.3 is 10.1 Å². The molecule has 1 N–H and O–H groups in total. The Kier molecular flexibility index (Phi) is 1.78. The molecule has 2 heterocycles. The minimum absolute atomic E-state index is 0.0342. The highest BCUT2D eigenvalue weighted by molar-refractivity contribution is 6.32. The van der Waals surface area contributed by atoms with Gasteiger partial charge in [-0.2, -0.15) is 0 Å². The Hall–Kier alpha value is -1.77. The molecule has 15 heavy (non-hydrogen) atoms. The van der Waals surface area contributed by atoms with E-state index in [0.29, 0.717) is 0 Å². The molecule has 2 aliphatic rings. The molecule has 1 aromatic rings. The number of hydrogen-bond acceptors (Lipinski definition) is 2. The van der Waals surface area contributed by atoms with Gasteiger partial charge >= 0.3 is 0 Å². The van der Waals surface area contributed by atoms with Gasteiger partial charge in [-0.15, -0.1) is 0 Å². The molecule has 0 spiro atoms. The molecular weight excluding hydrogens is 190 g/mol. The van der Waals surface area contributed by atoms with Crippen molar-refractivity contribution in [2.45, 2.75) is 12.8 Å². The second-order valence-electron chi connectivity index (χ2n) is 3.75. The summed E-state index contributed by atoms with van der Waals surface area (Å²) in [7, 11) is 0. The standard InChI is InChI=1S/C12H11NO2/c14-12-11(10-6-3-7-15-10)8-4-1-2-5-9(8)13-12/h1-2,4-5H,3,6-7H2,(H,13,14)/b11-10+. The van der Waals surface area contributed by atoms with Crippen LogP contribution in [0.25, 0.3) is 5.57 Å². The summed E-state index contributed by atoms with van der Waals surface area (Å²) in [4.78, 5) is 11.8. The molecule has 76 valence electrons. The van der Waals surface area contributed by atoms with E-state index in [9.17, 15) is 4.79 Å². The van der Waals surface area contributed by atoms with Crippen LogP contribution in [0.1, 0.15) is 18.4 Å². The van der Waals surface area contributed by atoms with Crippen LogP contribution in [0.3, 0.4) is 0 Å². The number of para-hydroxylation sites is 1. The van der Waals surface area contributed by atoms with Crippen molar-refractivity contribution in [3.63, 3.8) is 0 Å². The molecule has 2 aliphatic heterocycles. The lowest BCUT2D eigenvalue weighted by molar-refractivity contribution is -0.110. The van der Waals surface area contributed by atoms with Gasteiger partial charge in [0.2, 0.25) is 0 Å². The van der Waals surface area contributed by atoms with Crippen LogP contribution in [-0.2, 0) is 9.53 Å². The smallest absolute Gasteiger partial charge is 0.259 e. The Bertz CT molecular complexity index is 454. The third kappa shape index (κ3) is 1.23. The van der Waals surface area contributed by atoms with Gasteiger partial charge in [-0.3, -0.25) is 4.79 Å². The summed E-state index contributed by atoms with van der Waals surface area (Å²) < 4.78 is 5.48. The zero-order valence-electron chi connectivity index (χ0n) is 8.25. The van der Waals surface area contributed by atoms with E-state index in [1.807, 2.05) is 24.3 Å². The summed E-state index contributed by atoms with van der Waals surface area (Å²) in [5.74, 6) is 0.811. The second kappa shape index (κ2) is 3.12. The Morgan fingerprint density at radius 1 is 1.27 bits per heavy atom. The molecule has 3 heteroatoms. The quantitative estimate of drug-likeness (QED) is 0.653. The van der Waals surface area contributed by atoms with Crippen molar-refractivity contribution in [1.82, 2.24) is 0 Å². The van der Waals surface area contributed by atoms with Gasteiger partial charge in [-0.1, -0.05) is 18.2 Å². The number of carbonyl (C=O) groups is 1. The lowest BCUT2D eigenvalue weighted by Crippen LogP contribution is -2.05. The molecule has 0 unspecified atom stereocenters. The molecule has 1 amide bonds. The minimum atomic E-state index is -0.0342. The molecule has 3 nitrogen and oxygen atoms in total. The highest BCUT2D eigenvalue weighted by Crippen LogP contribution is 2.36. The van der Waals surface area contributed by atoms with E-state index in [2.05, 4.69) is 5.32 Å². The number of rotatable bonds is 0. The maximum atomic E-state index is 11.8. The van der Waals surface area contributed by atoms with Gasteiger partial charge in [0.15, 0.2) is 0 Å². The van der Waals surface area contributed by atoms with Crippen LogP contribution in [0.2, 0.25) is 0 Å². The van der Waals surface area contributed by atoms with E-state index in [1.165, 1.54) is 0 Å². The summed E-state index contributed by atoms with van der Waals surface area (Å²) in [5.41, 5.74) is 2.59. The van der Waals surface area contributed by atoms with Crippen molar-refractivity contribution in [3.05, 3.63) is 35.6 Å². The highest BCUT2D eigenvalue weighted by atomic mass is 16.5. The number of nitrogens with one attached hydrogen (secondary N) is 1. The predicted octanol–water partition coefficient (Wildman–Crippen LogP) is 2.16. The van der Waals surface area contributed by atoms with E-state index >= 15 is 0 Å². The van der Waals surface area contributed by atoms with E-state index in [4.69, 9.17) is 4.74 Å². The van der Waals surface area contributed by atoms with Crippen molar-refractivity contribution < 1.29 is 9.53 Å². The van der Waals surface area contributed by atoms with Crippen LogP contribution < -0.4 is 5.32 Å². The van der Waals surface area contributed by atoms with Crippen LogP contribution >= 0.6 is 0 Å². The lowest BCUT2D eigenvalue weighted by Gasteiger charge is -2.02. The summed E-state index contributed by atoms with van der Waals surface area (Å²) in [6.07, 6.45) is 1.88. The highest BCUT2D eigenvalue weighted by Gasteiger charge is 2.29. The number of fused-ring (bicyclic) bond motifs is 1. The molecule has 0 atom stereocenters. The largest absolute Gasteiger partial charge is 0.497 e. The third-order valence-electron chi connectivity index (χ3n) is 2.77. The molecule has 3 rings (SSSR count). The van der Waals surface area contributed by atoms with E-state index in [-0.39, 0.29) is 5.91 Å². The van der Waals surface area contributed by atoms with Crippen molar-refractivity contribution >= 4 is 17.2 Å². The first-order valence-corrected chi connectivity index (χ1v) is 5.13. The van der Waals surface area contributed by atoms with Crippen LogP contribution in [0.15, 0.2) is 30.0 Å². The van der Waals surface area contributed by atoms with Gasteiger partial charge in [0, 0.05) is 17.7 Å². The maximum Gasteiger partial charge on any atom is 0.259 e. The van der Waals surface area contributed by atoms with Crippen molar-refractivity contribution in [3.8, 4) is 0 Å². The number of amides is 1. The van der Waals surface area contributed by atoms with Crippen LogP contribution in [0, 0.1) is 0 Å². The number of ether oxygens (including phenoxy) is 1. The summed E-state index contributed by atoms with van der Waals surface area (Å²) in [6.45, 7) is 0.730. The molecule has 0 bridgehead atoms. The number of benzene rings is 1. The van der Waals surface area contributed by atoms with Gasteiger partial charge in [0.05, 0.1) is 12.2 Å². The maximum absolute atomic E-state index is 11.8. The first-order chi connectivity index (χ1) is 7.36. The fraction of sp³-hybridized carbons (Fsp3) is 0.250. The Labute approximate surface area is 87.7 Å². The van der Waals surface area contributed by atoms with Crippen molar-refractivity contribution in [2.24, 2.45) is 0 Å². The van der Waals surface area contributed by atoms with E-state index in [1.54, 1.807) is 0 Å². The fourth-order valence-electron chi connectivity index (χ4n) is 2.09. The first kappa shape index (κ1) is 8.53. The Morgan fingerprint density at radius 3 is 2.93 bits per heavy atom. The third-order valence-corrected chi connectivity index (χ3v) is 2.77. The molecule has 1 fully saturated rings. The molecule has 0 saturated carbocycles. The average Bonchev–Trinajstić information content (AvgIpc) is 2.82. The average molecular weight is 201 g/mol. The van der Waals surface area contributed by atoms with Gasteiger partial charge in [0.25, 0.3) is 5.91 Å². The monoisotopic (exact) mass is 201 g/mol. The normalized spacial score (nSPS) is 23.6. The zero-order valence-corrected chi connectivity index (χ0v) is 8.25. The zero-order chi connectivity index (χ0) is 10.3. The predicted molar refractivity (Wildman–Crippen MR) is 57.2 cm³/mol. The lowest BCUT2D eigenvalue weighted by atomic mass is 10.1. The Morgan fingerprint density at radius 2 is 2.13 bits per heavy atom. The number of hydrogen-bond donors (Lipinski definition) is 1. The Balaban J connectivity index is 2.17. The van der Waals surface area contributed by atoms with Gasteiger partial charge in [-0.25, -0.2) is 0 Å². The number of anilines is 1. The van der Waals surface area contributed by atoms with E-state index in [0.717, 1.165) is 42.0 Å². The number of allylic oxidation sites excluding steroid dienone is 1. The minimum Gasteiger partial charge on any atom is -0.497 e. The van der Waals surface area contributed by atoms with Gasteiger partial charge in [0.1, 0.15) is 5.76 Å². The van der Waals surface area contributed by atoms with Crippen LogP contribution in [0.5, 0.6) is 0 Å². The van der Waals surface area contributed by atoms with Gasteiger partial charge in [-0.05, 0) is 12.5 Å². The molecule has 1 saturated heterocycles. The van der Waals surface area contributed by atoms with E-state index < -0.39 is 0 Å². The topological polar surface area (TPSA) is 38.3 Å².